The summed E-state index contributed by atoms with van der Waals surface area (Å²) in [5.41, 5.74) is 2.11. The summed E-state index contributed by atoms with van der Waals surface area (Å²) in [5.74, 6) is 0.906. The van der Waals surface area contributed by atoms with Crippen molar-refractivity contribution >= 4 is 29.3 Å². The molecule has 1 amide bonds. The van der Waals surface area contributed by atoms with Gasteiger partial charge in [-0.3, -0.25) is 9.59 Å². The topological polar surface area (TPSA) is 119 Å². The first kappa shape index (κ1) is 26.9. The summed E-state index contributed by atoms with van der Waals surface area (Å²) in [6.07, 6.45) is 2.94. The van der Waals surface area contributed by atoms with E-state index < -0.39 is 0 Å². The Morgan fingerprint density at radius 1 is 0.921 bits per heavy atom. The van der Waals surface area contributed by atoms with Gasteiger partial charge in [0.1, 0.15) is 5.75 Å². The third-order valence-electron chi connectivity index (χ3n) is 5.56. The van der Waals surface area contributed by atoms with E-state index in [4.69, 9.17) is 9.47 Å². The zero-order chi connectivity index (χ0) is 26.6. The number of amides is 1. The number of aromatic amines is 1. The molecule has 0 spiro atoms. The molecule has 38 heavy (non-hydrogen) atoms. The molecule has 1 aromatic heterocycles. The lowest BCUT2D eigenvalue weighted by molar-refractivity contribution is -0.143. The van der Waals surface area contributed by atoms with E-state index in [1.807, 2.05) is 48.5 Å². The second-order valence-electron chi connectivity index (χ2n) is 8.29. The molecular weight excluding hydrogens is 502 g/mol. The van der Waals surface area contributed by atoms with Crippen LogP contribution < -0.4 is 10.1 Å². The molecule has 0 saturated carbocycles. The SMILES string of the molecule is CCOC(=O)CCCCCOc1ccc(C(=O)Nc2ccccc2Sc2ccccc2-c2nnn[nH]2)cc1. The van der Waals surface area contributed by atoms with Crippen molar-refractivity contribution in [2.24, 2.45) is 0 Å². The number of carbonyl (C=O) groups excluding carboxylic acids is 2. The summed E-state index contributed by atoms with van der Waals surface area (Å²) in [6, 6.07) is 22.5. The van der Waals surface area contributed by atoms with Crippen LogP contribution in [-0.2, 0) is 9.53 Å². The van der Waals surface area contributed by atoms with Crippen molar-refractivity contribution in [2.45, 2.75) is 42.4 Å². The number of carbonyl (C=O) groups is 2. The molecule has 0 aliphatic heterocycles. The number of tetrazole rings is 1. The lowest BCUT2D eigenvalue weighted by atomic mass is 10.2. The van der Waals surface area contributed by atoms with Gasteiger partial charge >= 0.3 is 5.97 Å². The Morgan fingerprint density at radius 2 is 1.68 bits per heavy atom. The molecule has 0 bridgehead atoms. The molecule has 1 heterocycles. The Hall–Kier alpha value is -4.18. The van der Waals surface area contributed by atoms with Crippen molar-refractivity contribution in [1.82, 2.24) is 20.6 Å². The van der Waals surface area contributed by atoms with Gasteiger partial charge in [0.2, 0.25) is 0 Å². The Bertz CT molecular complexity index is 1330. The molecule has 0 radical (unpaired) electrons. The van der Waals surface area contributed by atoms with Crippen LogP contribution in [-0.4, -0.2) is 45.7 Å². The Kier molecular flexibility index (Phi) is 9.86. The number of anilines is 1. The van der Waals surface area contributed by atoms with Crippen molar-refractivity contribution in [3.8, 4) is 17.1 Å². The average Bonchev–Trinajstić information content (AvgIpc) is 3.47. The fraction of sp³-hybridized carbons (Fsp3) is 0.250. The van der Waals surface area contributed by atoms with Crippen LogP contribution in [0.2, 0.25) is 0 Å². The molecule has 0 fully saturated rings. The van der Waals surface area contributed by atoms with Gasteiger partial charge in [-0.25, -0.2) is 5.10 Å². The van der Waals surface area contributed by atoms with Crippen molar-refractivity contribution in [2.75, 3.05) is 18.5 Å². The summed E-state index contributed by atoms with van der Waals surface area (Å²) in [7, 11) is 0. The molecule has 3 aromatic carbocycles. The number of para-hydroxylation sites is 1. The van der Waals surface area contributed by atoms with Crippen LogP contribution in [0.25, 0.3) is 11.4 Å². The largest absolute Gasteiger partial charge is 0.494 e. The highest BCUT2D eigenvalue weighted by Crippen LogP contribution is 2.38. The summed E-state index contributed by atoms with van der Waals surface area (Å²) in [5, 5.41) is 17.2. The normalized spacial score (nSPS) is 10.7. The number of benzene rings is 3. The number of rotatable bonds is 13. The molecule has 2 N–H and O–H groups in total. The maximum atomic E-state index is 13.0. The number of hydrogen-bond donors (Lipinski definition) is 2. The molecule has 4 rings (SSSR count). The fourth-order valence-electron chi connectivity index (χ4n) is 3.67. The van der Waals surface area contributed by atoms with Gasteiger partial charge in [0.05, 0.1) is 18.9 Å². The lowest BCUT2D eigenvalue weighted by Gasteiger charge is -2.13. The van der Waals surface area contributed by atoms with E-state index >= 15 is 0 Å². The maximum absolute atomic E-state index is 13.0. The van der Waals surface area contributed by atoms with Gasteiger partial charge in [0, 0.05) is 27.3 Å². The standard InChI is InChI=1S/C28H29N5O4S/c1-2-36-26(34)14-4-3-9-19-37-21-17-15-20(16-18-21)28(35)29-23-11-6-8-13-25(23)38-24-12-7-5-10-22(24)27-30-32-33-31-27/h5-8,10-13,15-18H,2-4,9,14,19H2,1H3,(H,29,35)(H,30,31,32,33). The van der Waals surface area contributed by atoms with Crippen LogP contribution in [0.1, 0.15) is 43.0 Å². The predicted octanol–water partition coefficient (Wildman–Crippen LogP) is 5.77. The highest BCUT2D eigenvalue weighted by molar-refractivity contribution is 7.99. The fourth-order valence-corrected chi connectivity index (χ4v) is 4.70. The van der Waals surface area contributed by atoms with Crippen LogP contribution in [0.5, 0.6) is 5.75 Å². The van der Waals surface area contributed by atoms with Crippen LogP contribution in [0.3, 0.4) is 0 Å². The second-order valence-corrected chi connectivity index (χ2v) is 9.37. The number of aromatic nitrogens is 4. The summed E-state index contributed by atoms with van der Waals surface area (Å²) in [4.78, 5) is 26.2. The van der Waals surface area contributed by atoms with Crippen LogP contribution >= 0.6 is 11.8 Å². The van der Waals surface area contributed by atoms with E-state index in [-0.39, 0.29) is 11.9 Å². The van der Waals surface area contributed by atoms with E-state index in [0.717, 1.165) is 34.6 Å². The Labute approximate surface area is 225 Å². The van der Waals surface area contributed by atoms with Crippen LogP contribution in [0.4, 0.5) is 5.69 Å². The van der Waals surface area contributed by atoms with E-state index in [9.17, 15) is 9.59 Å². The minimum atomic E-state index is -0.212. The molecule has 0 aliphatic carbocycles. The quantitative estimate of drug-likeness (QED) is 0.165. The first-order chi connectivity index (χ1) is 18.6. The molecule has 0 atom stereocenters. The molecule has 0 unspecified atom stereocenters. The zero-order valence-electron chi connectivity index (χ0n) is 21.1. The molecule has 4 aromatic rings. The van der Waals surface area contributed by atoms with Crippen molar-refractivity contribution in [3.63, 3.8) is 0 Å². The first-order valence-electron chi connectivity index (χ1n) is 12.4. The monoisotopic (exact) mass is 531 g/mol. The average molecular weight is 532 g/mol. The van der Waals surface area contributed by atoms with Gasteiger partial charge in [0.15, 0.2) is 5.82 Å². The number of H-pyrrole nitrogens is 1. The van der Waals surface area contributed by atoms with E-state index in [1.165, 1.54) is 11.8 Å². The van der Waals surface area contributed by atoms with Gasteiger partial charge in [-0.1, -0.05) is 36.0 Å². The van der Waals surface area contributed by atoms with Crippen molar-refractivity contribution in [3.05, 3.63) is 78.4 Å². The number of nitrogens with zero attached hydrogens (tertiary/aromatic N) is 3. The number of ether oxygens (including phenoxy) is 2. The zero-order valence-corrected chi connectivity index (χ0v) is 21.9. The smallest absolute Gasteiger partial charge is 0.305 e. The Balaban J connectivity index is 1.31. The minimum absolute atomic E-state index is 0.155. The van der Waals surface area contributed by atoms with Crippen molar-refractivity contribution < 1.29 is 19.1 Å². The molecular formula is C28H29N5O4S. The molecule has 9 nitrogen and oxygen atoms in total. The van der Waals surface area contributed by atoms with E-state index in [1.54, 1.807) is 31.2 Å². The van der Waals surface area contributed by atoms with Gasteiger partial charge < -0.3 is 14.8 Å². The summed E-state index contributed by atoms with van der Waals surface area (Å²) < 4.78 is 10.7. The van der Waals surface area contributed by atoms with Crippen molar-refractivity contribution in [1.29, 1.82) is 0 Å². The number of hydrogen-bond acceptors (Lipinski definition) is 8. The third-order valence-corrected chi connectivity index (χ3v) is 6.71. The predicted molar refractivity (Wildman–Crippen MR) is 145 cm³/mol. The summed E-state index contributed by atoms with van der Waals surface area (Å²) >= 11 is 1.52. The third kappa shape index (κ3) is 7.66. The minimum Gasteiger partial charge on any atom is -0.494 e. The van der Waals surface area contributed by atoms with Gasteiger partial charge in [-0.05, 0) is 85.1 Å². The van der Waals surface area contributed by atoms with Gasteiger partial charge in [-0.15, -0.1) is 5.10 Å². The second kappa shape index (κ2) is 13.9. The first-order valence-corrected chi connectivity index (χ1v) is 13.3. The van der Waals surface area contributed by atoms with Gasteiger partial charge in [0.25, 0.3) is 5.91 Å². The lowest BCUT2D eigenvalue weighted by Crippen LogP contribution is -2.12. The number of unbranched alkanes of at least 4 members (excludes halogenated alkanes) is 2. The number of nitrogens with one attached hydrogen (secondary N) is 2. The summed E-state index contributed by atoms with van der Waals surface area (Å²) in [6.45, 7) is 2.77. The van der Waals surface area contributed by atoms with E-state index in [2.05, 4.69) is 25.9 Å². The van der Waals surface area contributed by atoms with Crippen LogP contribution in [0, 0.1) is 0 Å². The van der Waals surface area contributed by atoms with E-state index in [0.29, 0.717) is 42.5 Å². The molecule has 10 heteroatoms. The van der Waals surface area contributed by atoms with Crippen LogP contribution in [0.15, 0.2) is 82.6 Å². The Morgan fingerprint density at radius 3 is 2.45 bits per heavy atom. The molecule has 196 valence electrons. The molecule has 0 saturated heterocycles. The van der Waals surface area contributed by atoms with Gasteiger partial charge in [-0.2, -0.15) is 0 Å². The highest BCUT2D eigenvalue weighted by atomic mass is 32.2. The molecule has 0 aliphatic rings. The number of esters is 1. The highest BCUT2D eigenvalue weighted by Gasteiger charge is 2.14. The maximum Gasteiger partial charge on any atom is 0.305 e.